The molecule has 0 spiro atoms. The van der Waals surface area contributed by atoms with Crippen LogP contribution in [0.4, 0.5) is 13.6 Å². The summed E-state index contributed by atoms with van der Waals surface area (Å²) >= 11 is 0. The molecule has 218 valence electrons. The van der Waals surface area contributed by atoms with Crippen LogP contribution >= 0.6 is 0 Å². The Hall–Kier alpha value is -4.06. The van der Waals surface area contributed by atoms with Crippen molar-refractivity contribution in [3.05, 3.63) is 81.9 Å². The third kappa shape index (κ3) is 6.17. The fraction of sp³-hybridized carbons (Fsp3) is 0.448. The molecule has 1 saturated heterocycles. The average Bonchev–Trinajstić information content (AvgIpc) is 3.44. The van der Waals surface area contributed by atoms with Crippen LogP contribution in [0.15, 0.2) is 47.5 Å². The number of aromatic amines is 1. The minimum Gasteiger partial charge on any atom is -0.384 e. The average molecular weight is 568 g/mol. The van der Waals surface area contributed by atoms with E-state index in [9.17, 15) is 18.4 Å². The molecule has 3 N–H and O–H groups in total. The number of amides is 2. The quantitative estimate of drug-likeness (QED) is 0.379. The van der Waals surface area contributed by atoms with E-state index in [1.54, 1.807) is 34.9 Å². The molecule has 10 nitrogen and oxygen atoms in total. The summed E-state index contributed by atoms with van der Waals surface area (Å²) in [4.78, 5) is 36.1. The number of likely N-dealkylation sites (tertiary alicyclic amines) is 1. The fourth-order valence-corrected chi connectivity index (χ4v) is 5.86. The minimum atomic E-state index is -0.771. The molecule has 1 atom stereocenters. The topological polar surface area (TPSA) is 124 Å². The number of ether oxygens (including phenoxy) is 1. The molecule has 2 aliphatic heterocycles. The first-order valence-corrected chi connectivity index (χ1v) is 13.9. The summed E-state index contributed by atoms with van der Waals surface area (Å²) in [6, 6.07) is 7.82. The zero-order valence-electron chi connectivity index (χ0n) is 23.1. The van der Waals surface area contributed by atoms with Crippen molar-refractivity contribution in [1.29, 1.82) is 0 Å². The second kappa shape index (κ2) is 12.6. The molecule has 6 rings (SSSR count). The highest BCUT2D eigenvalue weighted by atomic mass is 19.2. The van der Waals surface area contributed by atoms with Crippen LogP contribution < -0.4 is 11.4 Å². The summed E-state index contributed by atoms with van der Waals surface area (Å²) in [5.74, 6) is -0.473. The van der Waals surface area contributed by atoms with Crippen molar-refractivity contribution in [2.75, 3.05) is 26.8 Å². The summed E-state index contributed by atoms with van der Waals surface area (Å²) in [6.45, 7) is 2.44. The lowest BCUT2D eigenvalue weighted by molar-refractivity contribution is 0.180. The van der Waals surface area contributed by atoms with E-state index in [1.165, 1.54) is 6.07 Å². The van der Waals surface area contributed by atoms with E-state index < -0.39 is 17.7 Å². The molecule has 12 heteroatoms. The van der Waals surface area contributed by atoms with Crippen LogP contribution in [0.3, 0.4) is 0 Å². The number of pyridine rings is 1. The maximum atomic E-state index is 14.1. The molecule has 0 saturated carbocycles. The SMILES string of the molecule is COCCc1cnc2n1CC(c1cccc(F)c1F)CCC2.NC(=O)N1CCC(n2c(=O)[nH]c3ncccc32)CC1. The number of nitrogens with two attached hydrogens (primary N) is 1. The van der Waals surface area contributed by atoms with Crippen LogP contribution in [0.1, 0.15) is 54.7 Å². The Bertz CT molecular complexity index is 1560. The van der Waals surface area contributed by atoms with Crippen LogP contribution in [0.25, 0.3) is 11.2 Å². The number of imidazole rings is 2. The van der Waals surface area contributed by atoms with Gasteiger partial charge in [0, 0.05) is 69.6 Å². The Morgan fingerprint density at radius 1 is 1.15 bits per heavy atom. The molecule has 2 aliphatic rings. The number of aromatic nitrogens is 5. The summed E-state index contributed by atoms with van der Waals surface area (Å²) in [7, 11) is 1.67. The fourth-order valence-electron chi connectivity index (χ4n) is 5.86. The molecule has 5 heterocycles. The molecule has 4 aromatic rings. The number of nitrogens with one attached hydrogen (secondary N) is 1. The Kier molecular flexibility index (Phi) is 8.77. The largest absolute Gasteiger partial charge is 0.384 e. The molecule has 0 bridgehead atoms. The molecule has 1 aromatic carbocycles. The number of methoxy groups -OCH3 is 1. The van der Waals surface area contributed by atoms with Crippen LogP contribution in [-0.2, 0) is 24.1 Å². The van der Waals surface area contributed by atoms with Gasteiger partial charge >= 0.3 is 11.7 Å². The Morgan fingerprint density at radius 2 is 1.95 bits per heavy atom. The van der Waals surface area contributed by atoms with Crippen molar-refractivity contribution in [3.63, 3.8) is 0 Å². The first kappa shape index (κ1) is 28.5. The van der Waals surface area contributed by atoms with Gasteiger partial charge in [-0.25, -0.2) is 28.3 Å². The summed E-state index contributed by atoms with van der Waals surface area (Å²) in [5.41, 5.74) is 8.09. The summed E-state index contributed by atoms with van der Waals surface area (Å²) < 4.78 is 36.6. The maximum absolute atomic E-state index is 14.1. The van der Waals surface area contributed by atoms with Crippen LogP contribution in [0.5, 0.6) is 0 Å². The number of benzene rings is 1. The number of H-pyrrole nitrogens is 1. The Balaban J connectivity index is 0.000000166. The van der Waals surface area contributed by atoms with Crippen LogP contribution in [0, 0.1) is 11.6 Å². The number of rotatable bonds is 5. The third-order valence-corrected chi connectivity index (χ3v) is 7.99. The first-order chi connectivity index (χ1) is 19.9. The lowest BCUT2D eigenvalue weighted by Gasteiger charge is -2.31. The number of piperidine rings is 1. The second-order valence-electron chi connectivity index (χ2n) is 10.5. The van der Waals surface area contributed by atoms with E-state index in [1.807, 2.05) is 18.3 Å². The van der Waals surface area contributed by atoms with E-state index in [-0.39, 0.29) is 17.6 Å². The predicted octanol–water partition coefficient (Wildman–Crippen LogP) is 3.91. The smallest absolute Gasteiger partial charge is 0.327 e. The molecule has 0 aliphatic carbocycles. The number of carbonyl (C=O) groups is 1. The van der Waals surface area contributed by atoms with Crippen molar-refractivity contribution < 1.29 is 18.3 Å². The van der Waals surface area contributed by atoms with Gasteiger partial charge in [-0.15, -0.1) is 0 Å². The van der Waals surface area contributed by atoms with Gasteiger partial charge in [-0.3, -0.25) is 9.55 Å². The van der Waals surface area contributed by atoms with Crippen molar-refractivity contribution in [2.45, 2.75) is 57.0 Å². The van der Waals surface area contributed by atoms with E-state index in [4.69, 9.17) is 10.5 Å². The van der Waals surface area contributed by atoms with E-state index in [0.717, 1.165) is 55.6 Å². The lowest BCUT2D eigenvalue weighted by atomic mass is 9.93. The molecule has 0 radical (unpaired) electrons. The molecule has 1 fully saturated rings. The molecular formula is C29H35F2N7O3. The molecular weight excluding hydrogens is 532 g/mol. The number of fused-ring (bicyclic) bond motifs is 2. The summed E-state index contributed by atoms with van der Waals surface area (Å²) in [6.07, 6.45) is 8.41. The van der Waals surface area contributed by atoms with Crippen LogP contribution in [0.2, 0.25) is 0 Å². The van der Waals surface area contributed by atoms with Gasteiger partial charge in [0.05, 0.1) is 12.1 Å². The van der Waals surface area contributed by atoms with Gasteiger partial charge in [0.25, 0.3) is 0 Å². The highest BCUT2D eigenvalue weighted by Gasteiger charge is 2.26. The minimum absolute atomic E-state index is 0.0209. The Labute approximate surface area is 236 Å². The monoisotopic (exact) mass is 567 g/mol. The van der Waals surface area contributed by atoms with E-state index in [2.05, 4.69) is 19.5 Å². The zero-order chi connectivity index (χ0) is 28.9. The molecule has 41 heavy (non-hydrogen) atoms. The van der Waals surface area contributed by atoms with Crippen molar-refractivity contribution in [2.24, 2.45) is 5.73 Å². The van der Waals surface area contributed by atoms with Crippen molar-refractivity contribution in [3.8, 4) is 0 Å². The third-order valence-electron chi connectivity index (χ3n) is 7.99. The highest BCUT2D eigenvalue weighted by Crippen LogP contribution is 2.31. The normalized spacial score (nSPS) is 17.5. The van der Waals surface area contributed by atoms with Crippen LogP contribution in [-0.4, -0.2) is 61.8 Å². The number of halogens is 2. The number of hydrogen-bond donors (Lipinski definition) is 2. The van der Waals surface area contributed by atoms with Gasteiger partial charge in [0.2, 0.25) is 0 Å². The van der Waals surface area contributed by atoms with Gasteiger partial charge < -0.3 is 19.9 Å². The van der Waals surface area contributed by atoms with Crippen molar-refractivity contribution in [1.82, 2.24) is 29.0 Å². The number of urea groups is 1. The molecule has 3 aromatic heterocycles. The number of carbonyl (C=O) groups excluding carboxylic acids is 1. The van der Waals surface area contributed by atoms with Crippen molar-refractivity contribution >= 4 is 17.2 Å². The second-order valence-corrected chi connectivity index (χ2v) is 10.5. The zero-order valence-corrected chi connectivity index (χ0v) is 23.1. The standard InChI is InChI=1S/C17H20F2N2O.C12H15N5O2/c1-22-9-8-13-10-20-16-7-2-4-12(11-21(13)16)14-5-3-6-15(18)17(14)19;13-11(18)16-6-3-8(4-7-16)17-9-2-1-5-14-10(9)15-12(17)19/h3,5-6,10,12H,2,4,7-9,11H2,1H3;1-2,5,8H,3-4,6-7H2,(H2,13,18)(H,14,15,19). The van der Waals surface area contributed by atoms with Gasteiger partial charge in [0.1, 0.15) is 5.82 Å². The first-order valence-electron chi connectivity index (χ1n) is 13.9. The van der Waals surface area contributed by atoms with E-state index in [0.29, 0.717) is 37.5 Å². The number of nitrogens with zero attached hydrogens (tertiary/aromatic N) is 5. The predicted molar refractivity (Wildman–Crippen MR) is 150 cm³/mol. The van der Waals surface area contributed by atoms with E-state index >= 15 is 0 Å². The van der Waals surface area contributed by atoms with Gasteiger partial charge in [-0.2, -0.15) is 0 Å². The van der Waals surface area contributed by atoms with Gasteiger partial charge in [0.15, 0.2) is 17.3 Å². The summed E-state index contributed by atoms with van der Waals surface area (Å²) in [5, 5.41) is 0. The highest BCUT2D eigenvalue weighted by molar-refractivity contribution is 5.72. The number of hydrogen-bond acceptors (Lipinski definition) is 5. The molecule has 2 amide bonds. The van der Waals surface area contributed by atoms with Gasteiger partial charge in [-0.1, -0.05) is 12.1 Å². The number of primary amides is 1. The lowest BCUT2D eigenvalue weighted by Crippen LogP contribution is -2.43. The van der Waals surface area contributed by atoms with Gasteiger partial charge in [-0.05, 0) is 49.4 Å². The maximum Gasteiger partial charge on any atom is 0.327 e. The molecule has 1 unspecified atom stereocenters. The number of aryl methyl sites for hydroxylation is 1. The Morgan fingerprint density at radius 3 is 2.71 bits per heavy atom.